The molecule has 0 unspecified atom stereocenters. The van der Waals surface area contributed by atoms with Crippen molar-refractivity contribution in [3.8, 4) is 0 Å². The van der Waals surface area contributed by atoms with Crippen molar-refractivity contribution < 1.29 is 19.7 Å². The highest BCUT2D eigenvalue weighted by atomic mass is 16.5. The molecule has 0 aromatic rings. The Bertz CT molecular complexity index is 276. The van der Waals surface area contributed by atoms with Crippen LogP contribution in [-0.2, 0) is 9.53 Å². The van der Waals surface area contributed by atoms with E-state index in [0.717, 1.165) is 25.7 Å². The van der Waals surface area contributed by atoms with Gasteiger partial charge in [-0.05, 0) is 32.1 Å². The molecule has 0 aliphatic carbocycles. The Morgan fingerprint density at radius 2 is 1.59 bits per heavy atom. The molecular weight excluding hydrogens is 280 g/mol. The minimum absolute atomic E-state index is 0.111. The van der Waals surface area contributed by atoms with Crippen LogP contribution in [0.5, 0.6) is 0 Å². The van der Waals surface area contributed by atoms with E-state index >= 15 is 0 Å². The van der Waals surface area contributed by atoms with E-state index < -0.39 is 6.10 Å². The third kappa shape index (κ3) is 15.5. The highest BCUT2D eigenvalue weighted by molar-refractivity contribution is 5.69. The first kappa shape index (κ1) is 21.1. The molecule has 0 radical (unpaired) electrons. The fourth-order valence-electron chi connectivity index (χ4n) is 2.12. The van der Waals surface area contributed by atoms with Crippen LogP contribution in [-0.4, -0.2) is 35.5 Å². The Morgan fingerprint density at radius 3 is 2.23 bits per heavy atom. The summed E-state index contributed by atoms with van der Waals surface area (Å²) in [5, 5.41) is 17.6. The summed E-state index contributed by atoms with van der Waals surface area (Å²) in [7, 11) is 0. The van der Waals surface area contributed by atoms with E-state index in [1.54, 1.807) is 0 Å². The Morgan fingerprint density at radius 1 is 1.00 bits per heavy atom. The van der Waals surface area contributed by atoms with Crippen LogP contribution < -0.4 is 0 Å². The fourth-order valence-corrected chi connectivity index (χ4v) is 2.12. The van der Waals surface area contributed by atoms with Crippen molar-refractivity contribution in [2.75, 3.05) is 13.2 Å². The molecule has 4 heteroatoms. The number of hydrogen-bond donors (Lipinski definition) is 2. The van der Waals surface area contributed by atoms with Crippen molar-refractivity contribution in [3.63, 3.8) is 0 Å². The lowest BCUT2D eigenvalue weighted by atomic mass is 10.1. The van der Waals surface area contributed by atoms with Gasteiger partial charge in [-0.3, -0.25) is 4.79 Å². The SMILES string of the molecule is CCCCC/C=C\CCCCCCCC(=O)OC[C@@H](O)CO. The number of carbonyl (C=O) groups is 1. The van der Waals surface area contributed by atoms with Crippen LogP contribution in [0.15, 0.2) is 12.2 Å². The molecule has 0 spiro atoms. The maximum atomic E-state index is 11.3. The van der Waals surface area contributed by atoms with E-state index in [1.807, 2.05) is 0 Å². The maximum absolute atomic E-state index is 11.3. The number of allylic oxidation sites excluding steroid dienone is 2. The molecule has 0 aliphatic heterocycles. The van der Waals surface area contributed by atoms with Crippen LogP contribution in [0.2, 0.25) is 0 Å². The second-order valence-electron chi connectivity index (χ2n) is 5.79. The van der Waals surface area contributed by atoms with E-state index in [4.69, 9.17) is 14.9 Å². The highest BCUT2D eigenvalue weighted by Gasteiger charge is 2.07. The van der Waals surface area contributed by atoms with Crippen molar-refractivity contribution in [1.29, 1.82) is 0 Å². The van der Waals surface area contributed by atoms with Gasteiger partial charge < -0.3 is 14.9 Å². The summed E-state index contributed by atoms with van der Waals surface area (Å²) in [5.41, 5.74) is 0. The molecule has 4 nitrogen and oxygen atoms in total. The van der Waals surface area contributed by atoms with Gasteiger partial charge in [0, 0.05) is 6.42 Å². The first-order chi connectivity index (χ1) is 10.7. The van der Waals surface area contributed by atoms with Gasteiger partial charge >= 0.3 is 5.97 Å². The number of ether oxygens (including phenoxy) is 1. The van der Waals surface area contributed by atoms with Crippen molar-refractivity contribution >= 4 is 5.97 Å². The zero-order valence-corrected chi connectivity index (χ0v) is 14.1. The van der Waals surface area contributed by atoms with Gasteiger partial charge in [-0.15, -0.1) is 0 Å². The van der Waals surface area contributed by atoms with Crippen molar-refractivity contribution in [3.05, 3.63) is 12.2 Å². The number of aliphatic hydroxyl groups is 2. The summed E-state index contributed by atoms with van der Waals surface area (Å²) >= 11 is 0. The quantitative estimate of drug-likeness (QED) is 0.274. The third-order valence-corrected chi connectivity index (χ3v) is 3.54. The molecule has 2 N–H and O–H groups in total. The van der Waals surface area contributed by atoms with Gasteiger partial charge in [-0.25, -0.2) is 0 Å². The summed E-state index contributed by atoms with van der Waals surface area (Å²) in [4.78, 5) is 11.3. The van der Waals surface area contributed by atoms with E-state index in [0.29, 0.717) is 6.42 Å². The second kappa shape index (κ2) is 16.5. The van der Waals surface area contributed by atoms with Gasteiger partial charge in [-0.2, -0.15) is 0 Å². The number of hydrogen-bond acceptors (Lipinski definition) is 4. The summed E-state index contributed by atoms with van der Waals surface area (Å²) in [6.45, 7) is 1.74. The molecule has 1 atom stereocenters. The van der Waals surface area contributed by atoms with E-state index in [1.165, 1.54) is 38.5 Å². The predicted octanol–water partition coefficient (Wildman–Crippen LogP) is 3.75. The number of rotatable bonds is 15. The number of esters is 1. The Balaban J connectivity index is 3.24. The topological polar surface area (TPSA) is 66.8 Å². The van der Waals surface area contributed by atoms with E-state index in [9.17, 15) is 4.79 Å². The number of aliphatic hydroxyl groups excluding tert-OH is 2. The fraction of sp³-hybridized carbons (Fsp3) is 0.833. The Hall–Kier alpha value is -0.870. The molecule has 0 saturated carbocycles. The molecule has 0 fully saturated rings. The lowest BCUT2D eigenvalue weighted by Crippen LogP contribution is -2.21. The van der Waals surface area contributed by atoms with E-state index in [-0.39, 0.29) is 19.2 Å². The summed E-state index contributed by atoms with van der Waals surface area (Å²) < 4.78 is 4.84. The van der Waals surface area contributed by atoms with Crippen LogP contribution in [0.1, 0.15) is 77.6 Å². The largest absolute Gasteiger partial charge is 0.463 e. The van der Waals surface area contributed by atoms with Gasteiger partial charge in [0.25, 0.3) is 0 Å². The average Bonchev–Trinajstić information content (AvgIpc) is 2.53. The molecule has 0 heterocycles. The molecule has 0 rings (SSSR count). The second-order valence-corrected chi connectivity index (χ2v) is 5.79. The van der Waals surface area contributed by atoms with Gasteiger partial charge in [0.15, 0.2) is 0 Å². The zero-order chi connectivity index (χ0) is 16.5. The molecule has 130 valence electrons. The molecule has 0 bridgehead atoms. The third-order valence-electron chi connectivity index (χ3n) is 3.54. The summed E-state index contributed by atoms with van der Waals surface area (Å²) in [6, 6.07) is 0. The highest BCUT2D eigenvalue weighted by Crippen LogP contribution is 2.09. The molecule has 0 aromatic heterocycles. The van der Waals surface area contributed by atoms with Gasteiger partial charge in [0.05, 0.1) is 6.61 Å². The predicted molar refractivity (Wildman–Crippen MR) is 89.7 cm³/mol. The first-order valence-corrected chi connectivity index (χ1v) is 8.80. The zero-order valence-electron chi connectivity index (χ0n) is 14.1. The minimum atomic E-state index is -0.959. The standard InChI is InChI=1S/C18H34O4/c1-2-3-4-5-6-7-8-9-10-11-12-13-14-18(21)22-16-17(20)15-19/h6-7,17,19-20H,2-5,8-16H2,1H3/b7-6-/t17-/m0/s1. The van der Waals surface area contributed by atoms with Gasteiger partial charge in [0.1, 0.15) is 12.7 Å². The first-order valence-electron chi connectivity index (χ1n) is 8.80. The molecule has 0 aliphatic rings. The molecule has 22 heavy (non-hydrogen) atoms. The van der Waals surface area contributed by atoms with Crippen molar-refractivity contribution in [2.45, 2.75) is 83.7 Å². The minimum Gasteiger partial charge on any atom is -0.463 e. The van der Waals surface area contributed by atoms with Crippen LogP contribution in [0.4, 0.5) is 0 Å². The van der Waals surface area contributed by atoms with Gasteiger partial charge in [-0.1, -0.05) is 51.2 Å². The monoisotopic (exact) mass is 314 g/mol. The maximum Gasteiger partial charge on any atom is 0.305 e. The average molecular weight is 314 g/mol. The lowest BCUT2D eigenvalue weighted by Gasteiger charge is -2.08. The Kier molecular flexibility index (Phi) is 15.8. The normalized spacial score (nSPS) is 12.7. The summed E-state index contributed by atoms with van der Waals surface area (Å²) in [5.74, 6) is -0.289. The van der Waals surface area contributed by atoms with Crippen LogP contribution >= 0.6 is 0 Å². The van der Waals surface area contributed by atoms with Crippen molar-refractivity contribution in [1.82, 2.24) is 0 Å². The lowest BCUT2D eigenvalue weighted by molar-refractivity contribution is -0.147. The van der Waals surface area contributed by atoms with E-state index in [2.05, 4.69) is 19.1 Å². The van der Waals surface area contributed by atoms with Crippen LogP contribution in [0.25, 0.3) is 0 Å². The van der Waals surface area contributed by atoms with Gasteiger partial charge in [0.2, 0.25) is 0 Å². The molecule has 0 aromatic carbocycles. The molecular formula is C18H34O4. The number of carbonyl (C=O) groups excluding carboxylic acids is 1. The smallest absolute Gasteiger partial charge is 0.305 e. The van der Waals surface area contributed by atoms with Crippen LogP contribution in [0.3, 0.4) is 0 Å². The number of unbranched alkanes of at least 4 members (excludes halogenated alkanes) is 8. The summed E-state index contributed by atoms with van der Waals surface area (Å²) in [6.07, 6.45) is 15.8. The van der Waals surface area contributed by atoms with Crippen LogP contribution in [0, 0.1) is 0 Å². The Labute approximate surface area is 135 Å². The molecule has 0 saturated heterocycles. The van der Waals surface area contributed by atoms with Crippen molar-refractivity contribution in [2.24, 2.45) is 0 Å². The molecule has 0 amide bonds.